The fraction of sp³-hybridized carbons (Fsp3) is 0.333. The maximum atomic E-state index is 12.2. The topological polar surface area (TPSA) is 101 Å². The molecule has 8 nitrogen and oxygen atoms in total. The number of hydrogen-bond donors (Lipinski definition) is 0. The summed E-state index contributed by atoms with van der Waals surface area (Å²) in [4.78, 5) is 34.3. The van der Waals surface area contributed by atoms with Crippen molar-refractivity contribution in [2.24, 2.45) is 0 Å². The molecule has 2 aromatic rings. The van der Waals surface area contributed by atoms with E-state index in [1.807, 2.05) is 25.3 Å². The van der Waals surface area contributed by atoms with Gasteiger partial charge in [0.1, 0.15) is 0 Å². The number of carbonyl (C=O) groups excluding carboxylic acids is 2. The highest BCUT2D eigenvalue weighted by Crippen LogP contribution is 2.25. The van der Waals surface area contributed by atoms with Gasteiger partial charge in [0.05, 0.1) is 4.92 Å². The third kappa shape index (κ3) is 4.27. The molecule has 0 atom stereocenters. The van der Waals surface area contributed by atoms with E-state index in [-0.39, 0.29) is 17.2 Å². The zero-order valence-electron chi connectivity index (χ0n) is 14.9. The molecule has 0 saturated heterocycles. The van der Waals surface area contributed by atoms with Crippen LogP contribution in [0.5, 0.6) is 5.75 Å². The van der Waals surface area contributed by atoms with Crippen LogP contribution in [0.4, 0.5) is 5.69 Å². The van der Waals surface area contributed by atoms with Crippen molar-refractivity contribution in [2.75, 3.05) is 13.2 Å². The van der Waals surface area contributed by atoms with Gasteiger partial charge in [-0.15, -0.1) is 0 Å². The molecule has 0 aliphatic rings. The highest BCUT2D eigenvalue weighted by molar-refractivity contribution is 5.99. The molecular formula is C18H20N2O6. The van der Waals surface area contributed by atoms with Crippen molar-refractivity contribution in [3.63, 3.8) is 0 Å². The summed E-state index contributed by atoms with van der Waals surface area (Å²) in [7, 11) is 0. The monoisotopic (exact) mass is 360 g/mol. The number of aryl methyl sites for hydroxylation is 1. The molecule has 1 heterocycles. The molecular weight excluding hydrogens is 340 g/mol. The second kappa shape index (κ2) is 8.28. The Balaban J connectivity index is 1.91. The van der Waals surface area contributed by atoms with Crippen LogP contribution in [0.1, 0.15) is 28.7 Å². The lowest BCUT2D eigenvalue weighted by molar-refractivity contribution is -0.385. The largest absolute Gasteiger partial charge is 0.475 e. The van der Waals surface area contributed by atoms with Crippen molar-refractivity contribution in [1.29, 1.82) is 0 Å². The van der Waals surface area contributed by atoms with E-state index in [1.54, 1.807) is 12.1 Å². The van der Waals surface area contributed by atoms with Gasteiger partial charge in [-0.2, -0.15) is 0 Å². The number of para-hydroxylation sites is 2. The van der Waals surface area contributed by atoms with Crippen LogP contribution in [-0.2, 0) is 16.1 Å². The number of ether oxygens (including phenoxy) is 2. The Morgan fingerprint density at radius 2 is 1.88 bits per heavy atom. The Hall–Kier alpha value is -3.16. The maximum Gasteiger partial charge on any atom is 0.344 e. The van der Waals surface area contributed by atoms with Gasteiger partial charge in [0.2, 0.25) is 5.78 Å². The predicted octanol–water partition coefficient (Wildman–Crippen LogP) is 2.84. The molecule has 0 amide bonds. The summed E-state index contributed by atoms with van der Waals surface area (Å²) in [5, 5.41) is 10.9. The minimum Gasteiger partial charge on any atom is -0.475 e. The molecule has 0 spiro atoms. The fourth-order valence-corrected chi connectivity index (χ4v) is 2.70. The van der Waals surface area contributed by atoms with E-state index in [0.29, 0.717) is 5.56 Å². The van der Waals surface area contributed by atoms with Crippen molar-refractivity contribution < 1.29 is 24.0 Å². The van der Waals surface area contributed by atoms with Crippen molar-refractivity contribution in [3.8, 4) is 5.75 Å². The lowest BCUT2D eigenvalue weighted by Crippen LogP contribution is -2.20. The number of esters is 1. The average molecular weight is 360 g/mol. The zero-order valence-corrected chi connectivity index (χ0v) is 14.9. The minimum atomic E-state index is -0.777. The summed E-state index contributed by atoms with van der Waals surface area (Å²) in [6.07, 6.45) is 0. The first kappa shape index (κ1) is 19.2. The number of rotatable bonds is 8. The van der Waals surface area contributed by atoms with E-state index in [2.05, 4.69) is 0 Å². The summed E-state index contributed by atoms with van der Waals surface area (Å²) < 4.78 is 12.0. The van der Waals surface area contributed by atoms with Crippen LogP contribution >= 0.6 is 0 Å². The number of benzene rings is 1. The van der Waals surface area contributed by atoms with E-state index < -0.39 is 24.1 Å². The summed E-state index contributed by atoms with van der Waals surface area (Å²) in [5.41, 5.74) is 2.04. The van der Waals surface area contributed by atoms with Crippen molar-refractivity contribution >= 4 is 17.4 Å². The fourth-order valence-electron chi connectivity index (χ4n) is 2.70. The summed E-state index contributed by atoms with van der Waals surface area (Å²) in [6, 6.07) is 7.47. The molecule has 0 N–H and O–H groups in total. The number of aromatic nitrogens is 1. The summed E-state index contributed by atoms with van der Waals surface area (Å²) in [5.74, 6) is -1.12. The second-order valence-electron chi connectivity index (χ2n) is 5.63. The van der Waals surface area contributed by atoms with Crippen LogP contribution in [0.2, 0.25) is 0 Å². The molecule has 1 aromatic carbocycles. The van der Waals surface area contributed by atoms with Crippen LogP contribution < -0.4 is 4.74 Å². The van der Waals surface area contributed by atoms with Crippen LogP contribution in [0.15, 0.2) is 30.3 Å². The third-order valence-electron chi connectivity index (χ3n) is 3.96. The van der Waals surface area contributed by atoms with E-state index in [9.17, 15) is 19.7 Å². The highest BCUT2D eigenvalue weighted by Gasteiger charge is 2.18. The Labute approximate surface area is 150 Å². The number of ketones is 1. The average Bonchev–Trinajstić information content (AvgIpc) is 2.91. The van der Waals surface area contributed by atoms with Gasteiger partial charge in [-0.1, -0.05) is 12.1 Å². The van der Waals surface area contributed by atoms with E-state index >= 15 is 0 Å². The Bertz CT molecular complexity index is 840. The molecule has 2 rings (SSSR count). The zero-order chi connectivity index (χ0) is 19.3. The van der Waals surface area contributed by atoms with Gasteiger partial charge < -0.3 is 14.0 Å². The molecule has 0 saturated carbocycles. The smallest absolute Gasteiger partial charge is 0.344 e. The molecule has 0 unspecified atom stereocenters. The first-order chi connectivity index (χ1) is 12.3. The molecule has 8 heteroatoms. The predicted molar refractivity (Wildman–Crippen MR) is 93.5 cm³/mol. The van der Waals surface area contributed by atoms with E-state index in [0.717, 1.165) is 17.9 Å². The SMILES string of the molecule is CCn1c(C)cc(C(=O)COC(=O)COc2ccccc2[N+](=O)[O-])c1C. The molecule has 0 bridgehead atoms. The molecule has 0 radical (unpaired) electrons. The van der Waals surface area contributed by atoms with Gasteiger partial charge in [0.25, 0.3) is 0 Å². The Morgan fingerprint density at radius 1 is 1.19 bits per heavy atom. The van der Waals surface area contributed by atoms with Gasteiger partial charge >= 0.3 is 11.7 Å². The normalized spacial score (nSPS) is 10.4. The number of hydrogen-bond acceptors (Lipinski definition) is 6. The van der Waals surface area contributed by atoms with Gasteiger partial charge in [0, 0.05) is 29.6 Å². The van der Waals surface area contributed by atoms with Gasteiger partial charge in [-0.3, -0.25) is 14.9 Å². The molecule has 138 valence electrons. The summed E-state index contributed by atoms with van der Waals surface area (Å²) >= 11 is 0. The van der Waals surface area contributed by atoms with Crippen molar-refractivity contribution in [3.05, 3.63) is 57.4 Å². The maximum absolute atomic E-state index is 12.2. The molecule has 0 aliphatic carbocycles. The summed E-state index contributed by atoms with van der Waals surface area (Å²) in [6.45, 7) is 5.53. The quantitative estimate of drug-likeness (QED) is 0.310. The molecule has 0 aliphatic heterocycles. The number of carbonyl (C=O) groups is 2. The third-order valence-corrected chi connectivity index (χ3v) is 3.96. The number of nitrogens with zero attached hydrogens (tertiary/aromatic N) is 2. The van der Waals surface area contributed by atoms with Crippen LogP contribution in [0.25, 0.3) is 0 Å². The highest BCUT2D eigenvalue weighted by atomic mass is 16.6. The Morgan fingerprint density at radius 3 is 2.50 bits per heavy atom. The Kier molecular flexibility index (Phi) is 6.11. The van der Waals surface area contributed by atoms with Gasteiger partial charge in [0.15, 0.2) is 19.0 Å². The molecule has 26 heavy (non-hydrogen) atoms. The lowest BCUT2D eigenvalue weighted by atomic mass is 10.1. The van der Waals surface area contributed by atoms with Crippen molar-refractivity contribution in [2.45, 2.75) is 27.3 Å². The first-order valence-electron chi connectivity index (χ1n) is 8.06. The lowest BCUT2D eigenvalue weighted by Gasteiger charge is -2.08. The van der Waals surface area contributed by atoms with Crippen molar-refractivity contribution in [1.82, 2.24) is 4.57 Å². The molecule has 0 fully saturated rings. The van der Waals surface area contributed by atoms with E-state index in [1.165, 1.54) is 18.2 Å². The number of nitro groups is 1. The van der Waals surface area contributed by atoms with Gasteiger partial charge in [-0.05, 0) is 32.9 Å². The number of nitro benzene ring substituents is 1. The second-order valence-corrected chi connectivity index (χ2v) is 5.63. The van der Waals surface area contributed by atoms with E-state index in [4.69, 9.17) is 9.47 Å². The van der Waals surface area contributed by atoms with Crippen LogP contribution in [0, 0.1) is 24.0 Å². The first-order valence-corrected chi connectivity index (χ1v) is 8.06. The number of Topliss-reactive ketones (excluding diaryl/α,β-unsaturated/α-hetero) is 1. The minimum absolute atomic E-state index is 0.0349. The molecule has 1 aromatic heterocycles. The van der Waals surface area contributed by atoms with Crippen LogP contribution in [0.3, 0.4) is 0 Å². The van der Waals surface area contributed by atoms with Crippen LogP contribution in [-0.4, -0.2) is 34.5 Å². The standard InChI is InChI=1S/C18H20N2O6/c1-4-19-12(2)9-14(13(19)3)16(21)10-26-18(22)11-25-17-8-6-5-7-15(17)20(23)24/h5-9H,4,10-11H2,1-3H3. The van der Waals surface area contributed by atoms with Gasteiger partial charge in [-0.25, -0.2) is 4.79 Å².